The fraction of sp³-hybridized carbons (Fsp3) is 0.714. The molecule has 1 aliphatic rings. The third kappa shape index (κ3) is 2.81. The Kier molecular flexibility index (Phi) is 4.17. The molecule has 1 heterocycles. The Bertz CT molecular complexity index is 467. The van der Waals surface area contributed by atoms with Crippen molar-refractivity contribution >= 4 is 12.2 Å². The van der Waals surface area contributed by atoms with Crippen LogP contribution in [0.3, 0.4) is 0 Å². The van der Waals surface area contributed by atoms with Crippen LogP contribution in [0.25, 0.3) is 0 Å². The Labute approximate surface area is 114 Å². The number of ether oxygens (including phenoxy) is 1. The number of aromatic amines is 1. The van der Waals surface area contributed by atoms with Gasteiger partial charge in [-0.25, -0.2) is 4.98 Å². The molecule has 1 N–H and O–H groups in total. The summed E-state index contributed by atoms with van der Waals surface area (Å²) in [6.45, 7) is 7.07. The van der Waals surface area contributed by atoms with Crippen molar-refractivity contribution in [2.45, 2.75) is 52.1 Å². The Morgan fingerprint density at radius 3 is 3.00 bits per heavy atom. The maximum absolute atomic E-state index is 6.10. The lowest BCUT2D eigenvalue weighted by Gasteiger charge is -2.38. The van der Waals surface area contributed by atoms with E-state index in [1.54, 1.807) is 0 Å². The van der Waals surface area contributed by atoms with Gasteiger partial charge in [-0.2, -0.15) is 0 Å². The number of hydrogen-bond donors (Lipinski definition) is 1. The minimum Gasteiger partial charge on any atom is -0.367 e. The molecule has 2 unspecified atom stereocenters. The highest BCUT2D eigenvalue weighted by atomic mass is 32.1. The van der Waals surface area contributed by atoms with E-state index in [0.717, 1.165) is 24.4 Å². The standard InChI is InChI=1S/C14H22N2OS/c1-4-17-14(7-5-6-10(2)9-14)13-15-11(3)8-12(18)16-13/h8,10H,4-7,9H2,1-3H3,(H,15,16,18). The van der Waals surface area contributed by atoms with E-state index in [0.29, 0.717) is 17.2 Å². The van der Waals surface area contributed by atoms with E-state index in [-0.39, 0.29) is 5.60 Å². The summed E-state index contributed by atoms with van der Waals surface area (Å²) in [7, 11) is 0. The average Bonchev–Trinajstić information content (AvgIpc) is 2.28. The number of aromatic nitrogens is 2. The first-order chi connectivity index (χ1) is 8.55. The summed E-state index contributed by atoms with van der Waals surface area (Å²) in [6, 6.07) is 1.89. The first kappa shape index (κ1) is 13.7. The molecule has 0 radical (unpaired) electrons. The Morgan fingerprint density at radius 1 is 1.61 bits per heavy atom. The Hall–Kier alpha value is -0.740. The van der Waals surface area contributed by atoms with Crippen LogP contribution < -0.4 is 0 Å². The molecule has 0 amide bonds. The second-order valence-electron chi connectivity index (χ2n) is 5.38. The van der Waals surface area contributed by atoms with Crippen LogP contribution in [0.5, 0.6) is 0 Å². The van der Waals surface area contributed by atoms with Crippen molar-refractivity contribution in [2.24, 2.45) is 5.92 Å². The molecule has 0 bridgehead atoms. The maximum atomic E-state index is 6.10. The Morgan fingerprint density at radius 2 is 2.39 bits per heavy atom. The zero-order valence-electron chi connectivity index (χ0n) is 11.5. The minimum atomic E-state index is -0.258. The van der Waals surface area contributed by atoms with Crippen LogP contribution in [0.4, 0.5) is 0 Å². The number of H-pyrrole nitrogens is 1. The van der Waals surface area contributed by atoms with Crippen LogP contribution >= 0.6 is 12.2 Å². The van der Waals surface area contributed by atoms with Crippen molar-refractivity contribution < 1.29 is 4.74 Å². The molecular weight excluding hydrogens is 244 g/mol. The quantitative estimate of drug-likeness (QED) is 0.843. The van der Waals surface area contributed by atoms with Crippen LogP contribution in [0.2, 0.25) is 0 Å². The highest BCUT2D eigenvalue weighted by molar-refractivity contribution is 7.71. The van der Waals surface area contributed by atoms with Crippen LogP contribution in [0.1, 0.15) is 51.0 Å². The van der Waals surface area contributed by atoms with Crippen molar-refractivity contribution in [1.29, 1.82) is 0 Å². The van der Waals surface area contributed by atoms with Gasteiger partial charge in [0.15, 0.2) is 0 Å². The van der Waals surface area contributed by atoms with Gasteiger partial charge in [-0.05, 0) is 45.1 Å². The van der Waals surface area contributed by atoms with Gasteiger partial charge in [0.2, 0.25) is 0 Å². The predicted octanol–water partition coefficient (Wildman–Crippen LogP) is 3.89. The molecule has 3 nitrogen and oxygen atoms in total. The predicted molar refractivity (Wildman–Crippen MR) is 75.1 cm³/mol. The monoisotopic (exact) mass is 266 g/mol. The lowest BCUT2D eigenvalue weighted by atomic mass is 9.78. The molecule has 1 aromatic rings. The van der Waals surface area contributed by atoms with Crippen molar-refractivity contribution in [2.75, 3.05) is 6.61 Å². The van der Waals surface area contributed by atoms with E-state index >= 15 is 0 Å². The summed E-state index contributed by atoms with van der Waals surface area (Å²) in [5.74, 6) is 1.59. The first-order valence-corrected chi connectivity index (χ1v) is 7.19. The molecular formula is C14H22N2OS. The van der Waals surface area contributed by atoms with Crippen LogP contribution in [0.15, 0.2) is 6.07 Å². The minimum absolute atomic E-state index is 0.258. The fourth-order valence-electron chi connectivity index (χ4n) is 2.99. The summed E-state index contributed by atoms with van der Waals surface area (Å²) in [6.07, 6.45) is 4.54. The van der Waals surface area contributed by atoms with E-state index in [4.69, 9.17) is 17.0 Å². The molecule has 2 rings (SSSR count). The highest BCUT2D eigenvalue weighted by Gasteiger charge is 2.39. The first-order valence-electron chi connectivity index (χ1n) is 6.78. The van der Waals surface area contributed by atoms with Crippen LogP contribution in [-0.2, 0) is 10.3 Å². The Balaban J connectivity index is 2.42. The van der Waals surface area contributed by atoms with Crippen molar-refractivity contribution in [3.8, 4) is 0 Å². The summed E-state index contributed by atoms with van der Waals surface area (Å²) < 4.78 is 6.75. The molecule has 1 fully saturated rings. The van der Waals surface area contributed by atoms with Gasteiger partial charge in [-0.15, -0.1) is 0 Å². The van der Waals surface area contributed by atoms with E-state index in [1.165, 1.54) is 12.8 Å². The van der Waals surface area contributed by atoms with Gasteiger partial charge in [-0.1, -0.05) is 25.6 Å². The number of nitrogens with one attached hydrogen (secondary N) is 1. The summed E-state index contributed by atoms with van der Waals surface area (Å²) in [5.41, 5.74) is 0.800. The molecule has 4 heteroatoms. The normalized spacial score (nSPS) is 28.3. The fourth-order valence-corrected chi connectivity index (χ4v) is 3.26. The van der Waals surface area contributed by atoms with Crippen LogP contribution in [-0.4, -0.2) is 16.6 Å². The zero-order valence-corrected chi connectivity index (χ0v) is 12.3. The van der Waals surface area contributed by atoms with Gasteiger partial charge >= 0.3 is 0 Å². The largest absolute Gasteiger partial charge is 0.367 e. The summed E-state index contributed by atoms with van der Waals surface area (Å²) in [4.78, 5) is 7.88. The second-order valence-corrected chi connectivity index (χ2v) is 5.80. The van der Waals surface area contributed by atoms with Gasteiger partial charge in [0.1, 0.15) is 16.1 Å². The third-order valence-electron chi connectivity index (χ3n) is 3.69. The molecule has 0 saturated heterocycles. The number of nitrogens with zero attached hydrogens (tertiary/aromatic N) is 1. The molecule has 18 heavy (non-hydrogen) atoms. The van der Waals surface area contributed by atoms with Crippen LogP contribution in [0, 0.1) is 17.5 Å². The van der Waals surface area contributed by atoms with Crippen molar-refractivity contribution in [3.63, 3.8) is 0 Å². The van der Waals surface area contributed by atoms with Gasteiger partial charge in [0.05, 0.1) is 0 Å². The summed E-state index contributed by atoms with van der Waals surface area (Å²) >= 11 is 5.23. The smallest absolute Gasteiger partial charge is 0.140 e. The SMILES string of the molecule is CCOC1(c2nc(=S)cc(C)[nH]2)CCCC(C)C1. The summed E-state index contributed by atoms with van der Waals surface area (Å²) in [5, 5.41) is 0. The lowest BCUT2D eigenvalue weighted by Crippen LogP contribution is -2.37. The molecule has 100 valence electrons. The van der Waals surface area contributed by atoms with Crippen molar-refractivity contribution in [1.82, 2.24) is 9.97 Å². The molecule has 1 saturated carbocycles. The van der Waals surface area contributed by atoms with E-state index < -0.39 is 0 Å². The topological polar surface area (TPSA) is 37.9 Å². The number of aryl methyl sites for hydroxylation is 1. The highest BCUT2D eigenvalue weighted by Crippen LogP contribution is 2.41. The van der Waals surface area contributed by atoms with E-state index in [2.05, 4.69) is 16.9 Å². The molecule has 1 aliphatic carbocycles. The molecule has 1 aromatic heterocycles. The molecule has 2 atom stereocenters. The van der Waals surface area contributed by atoms with Gasteiger partial charge in [-0.3, -0.25) is 0 Å². The van der Waals surface area contributed by atoms with Gasteiger partial charge < -0.3 is 9.72 Å². The van der Waals surface area contributed by atoms with Gasteiger partial charge in [0.25, 0.3) is 0 Å². The molecule has 0 spiro atoms. The number of rotatable bonds is 3. The molecule has 0 aromatic carbocycles. The third-order valence-corrected chi connectivity index (χ3v) is 3.89. The maximum Gasteiger partial charge on any atom is 0.140 e. The zero-order chi connectivity index (χ0) is 13.2. The number of hydrogen-bond acceptors (Lipinski definition) is 3. The lowest BCUT2D eigenvalue weighted by molar-refractivity contribution is -0.0882. The van der Waals surface area contributed by atoms with Crippen molar-refractivity contribution in [3.05, 3.63) is 22.2 Å². The molecule has 0 aliphatic heterocycles. The van der Waals surface area contributed by atoms with E-state index in [1.807, 2.05) is 19.9 Å². The average molecular weight is 266 g/mol. The van der Waals surface area contributed by atoms with Gasteiger partial charge in [0, 0.05) is 12.3 Å². The van der Waals surface area contributed by atoms with E-state index in [9.17, 15) is 0 Å². The second kappa shape index (κ2) is 5.49.